The minimum absolute atomic E-state index is 0. The van der Waals surface area contributed by atoms with Gasteiger partial charge < -0.3 is 22.6 Å². The van der Waals surface area contributed by atoms with Gasteiger partial charge in [-0.05, 0) is 47.5 Å². The fourth-order valence-electron chi connectivity index (χ4n) is 3.39. The summed E-state index contributed by atoms with van der Waals surface area (Å²) in [6.45, 7) is 1.23. The molecule has 0 atom stereocenters. The first-order valence-electron chi connectivity index (χ1n) is 9.13. The van der Waals surface area contributed by atoms with Gasteiger partial charge >= 0.3 is 11.9 Å². The lowest BCUT2D eigenvalue weighted by Crippen LogP contribution is -3.00. The molecule has 0 radical (unpaired) electrons. The van der Waals surface area contributed by atoms with Crippen LogP contribution in [0.3, 0.4) is 0 Å². The number of imidazole rings is 1. The van der Waals surface area contributed by atoms with Crippen molar-refractivity contribution in [3.05, 3.63) is 101 Å². The van der Waals surface area contributed by atoms with E-state index in [0.29, 0.717) is 13.1 Å². The quantitative estimate of drug-likeness (QED) is 0.441. The van der Waals surface area contributed by atoms with Crippen molar-refractivity contribution in [2.24, 2.45) is 0 Å². The van der Waals surface area contributed by atoms with Gasteiger partial charge in [0.15, 0.2) is 11.0 Å². The van der Waals surface area contributed by atoms with Gasteiger partial charge in [0.2, 0.25) is 6.33 Å². The summed E-state index contributed by atoms with van der Waals surface area (Å²) in [4.78, 5) is 22.1. The molecule has 0 fully saturated rings. The van der Waals surface area contributed by atoms with Crippen molar-refractivity contribution in [1.82, 2.24) is 4.57 Å². The number of para-hydroxylation sites is 2. The van der Waals surface area contributed by atoms with Crippen molar-refractivity contribution in [2.75, 3.05) is 0 Å². The summed E-state index contributed by atoms with van der Waals surface area (Å²) in [6.07, 6.45) is 2.03. The van der Waals surface area contributed by atoms with Crippen LogP contribution in [-0.2, 0) is 13.1 Å². The van der Waals surface area contributed by atoms with E-state index >= 15 is 0 Å². The van der Waals surface area contributed by atoms with Crippen LogP contribution in [0, 0.1) is 0 Å². The molecule has 0 aliphatic heterocycles. The van der Waals surface area contributed by atoms with E-state index in [4.69, 9.17) is 10.2 Å². The molecule has 4 rings (SSSR count). The van der Waals surface area contributed by atoms with E-state index in [-0.39, 0.29) is 23.5 Å². The zero-order valence-electron chi connectivity index (χ0n) is 15.9. The second kappa shape index (κ2) is 8.80. The Hall–Kier alpha value is -3.64. The molecule has 6 nitrogen and oxygen atoms in total. The van der Waals surface area contributed by atoms with Gasteiger partial charge in [0, 0.05) is 0 Å². The number of fused-ring (bicyclic) bond motifs is 1. The lowest BCUT2D eigenvalue weighted by molar-refractivity contribution is -0.663. The number of halogens is 1. The maximum absolute atomic E-state index is 11.0. The Morgan fingerprint density at radius 1 is 0.767 bits per heavy atom. The van der Waals surface area contributed by atoms with E-state index in [9.17, 15) is 9.59 Å². The average Bonchev–Trinajstić information content (AvgIpc) is 3.06. The number of carboxylic acids is 2. The summed E-state index contributed by atoms with van der Waals surface area (Å²) in [7, 11) is 0. The van der Waals surface area contributed by atoms with Gasteiger partial charge in [0.1, 0.15) is 13.1 Å². The molecule has 30 heavy (non-hydrogen) atoms. The predicted octanol–water partition coefficient (Wildman–Crippen LogP) is 0.426. The highest BCUT2D eigenvalue weighted by Crippen LogP contribution is 2.15. The number of hydrogen-bond donors (Lipinski definition) is 2. The van der Waals surface area contributed by atoms with Crippen LogP contribution in [0.25, 0.3) is 11.0 Å². The van der Waals surface area contributed by atoms with Crippen LogP contribution in [0.5, 0.6) is 0 Å². The highest BCUT2D eigenvalue weighted by Gasteiger charge is 2.16. The number of benzene rings is 3. The molecular weight excluding hydrogens is 404 g/mol. The molecule has 1 heterocycles. The third kappa shape index (κ3) is 4.34. The van der Waals surface area contributed by atoms with Gasteiger partial charge in [-0.1, -0.05) is 36.4 Å². The molecule has 0 aliphatic carbocycles. The van der Waals surface area contributed by atoms with E-state index in [1.165, 1.54) is 0 Å². The smallest absolute Gasteiger partial charge is 0.335 e. The number of carbonyl (C=O) groups is 2. The van der Waals surface area contributed by atoms with Crippen molar-refractivity contribution in [3.8, 4) is 0 Å². The molecule has 0 saturated heterocycles. The Kier molecular flexibility index (Phi) is 6.18. The van der Waals surface area contributed by atoms with Crippen molar-refractivity contribution >= 4 is 23.0 Å². The zero-order valence-corrected chi connectivity index (χ0v) is 16.7. The predicted molar refractivity (Wildman–Crippen MR) is 107 cm³/mol. The second-order valence-electron chi connectivity index (χ2n) is 6.86. The van der Waals surface area contributed by atoms with Crippen LogP contribution in [0.15, 0.2) is 79.1 Å². The Labute approximate surface area is 179 Å². The van der Waals surface area contributed by atoms with Crippen molar-refractivity contribution in [1.29, 1.82) is 0 Å². The Balaban J connectivity index is 0.00000256. The molecule has 4 aromatic rings. The first kappa shape index (κ1) is 21.1. The van der Waals surface area contributed by atoms with Crippen molar-refractivity contribution < 1.29 is 36.8 Å². The third-order valence-electron chi connectivity index (χ3n) is 4.89. The summed E-state index contributed by atoms with van der Waals surface area (Å²) >= 11 is 0. The summed E-state index contributed by atoms with van der Waals surface area (Å²) in [5, 5.41) is 18.1. The van der Waals surface area contributed by atoms with Crippen LogP contribution in [0.1, 0.15) is 31.8 Å². The van der Waals surface area contributed by atoms with Crippen LogP contribution >= 0.6 is 0 Å². The lowest BCUT2D eigenvalue weighted by atomic mass is 10.1. The SMILES string of the molecule is O=C(O)c1ccc(Cn2c[n+](Cc3ccc(C(=O)O)cc3)c3ccccc32)cc1.[Cl-]. The molecule has 0 bridgehead atoms. The van der Waals surface area contributed by atoms with Gasteiger partial charge in [-0.3, -0.25) is 0 Å². The number of aromatic carboxylic acids is 2. The van der Waals surface area contributed by atoms with Gasteiger partial charge in [0.25, 0.3) is 0 Å². The first-order valence-corrected chi connectivity index (χ1v) is 9.13. The highest BCUT2D eigenvalue weighted by molar-refractivity contribution is 5.88. The maximum Gasteiger partial charge on any atom is 0.335 e. The molecule has 0 aliphatic rings. The summed E-state index contributed by atoms with van der Waals surface area (Å²) in [6, 6.07) is 21.8. The normalized spacial score (nSPS) is 10.5. The fraction of sp³-hybridized carbons (Fsp3) is 0.0870. The highest BCUT2D eigenvalue weighted by atomic mass is 35.5. The lowest BCUT2D eigenvalue weighted by Gasteiger charge is -2.01. The van der Waals surface area contributed by atoms with Gasteiger partial charge in [-0.2, -0.15) is 0 Å². The largest absolute Gasteiger partial charge is 1.00 e. The summed E-state index contributed by atoms with van der Waals surface area (Å²) < 4.78 is 4.24. The minimum Gasteiger partial charge on any atom is -1.00 e. The van der Waals surface area contributed by atoms with E-state index in [1.54, 1.807) is 24.3 Å². The van der Waals surface area contributed by atoms with Crippen molar-refractivity contribution in [3.63, 3.8) is 0 Å². The second-order valence-corrected chi connectivity index (χ2v) is 6.86. The van der Waals surface area contributed by atoms with Gasteiger partial charge in [0.05, 0.1) is 11.1 Å². The van der Waals surface area contributed by atoms with Gasteiger partial charge in [-0.15, -0.1) is 0 Å². The first-order chi connectivity index (χ1) is 14.0. The number of rotatable bonds is 6. The molecule has 0 spiro atoms. The monoisotopic (exact) mass is 422 g/mol. The summed E-state index contributed by atoms with van der Waals surface area (Å²) in [5.74, 6) is -1.87. The molecule has 0 unspecified atom stereocenters. The Bertz CT molecular complexity index is 1100. The van der Waals surface area contributed by atoms with E-state index < -0.39 is 11.9 Å². The molecule has 7 heteroatoms. The third-order valence-corrected chi connectivity index (χ3v) is 4.89. The number of aromatic nitrogens is 2. The number of hydrogen-bond acceptors (Lipinski definition) is 2. The van der Waals surface area contributed by atoms with Crippen LogP contribution in [0.4, 0.5) is 0 Å². The van der Waals surface area contributed by atoms with E-state index in [1.807, 2.05) is 54.9 Å². The fourth-order valence-corrected chi connectivity index (χ4v) is 3.39. The zero-order chi connectivity index (χ0) is 20.4. The molecule has 152 valence electrons. The molecule has 3 aromatic carbocycles. The number of carboxylic acid groups (broad SMARTS) is 2. The minimum atomic E-state index is -0.935. The van der Waals surface area contributed by atoms with E-state index in [2.05, 4.69) is 9.13 Å². The Morgan fingerprint density at radius 3 is 1.87 bits per heavy atom. The average molecular weight is 423 g/mol. The molecule has 0 saturated carbocycles. The van der Waals surface area contributed by atoms with Crippen LogP contribution in [0.2, 0.25) is 0 Å². The van der Waals surface area contributed by atoms with Crippen LogP contribution < -0.4 is 17.0 Å². The standard InChI is InChI=1S/C23H18N2O4.ClH/c26-22(27)18-9-5-16(6-10-18)13-24-15-25(21-4-2-1-3-20(21)24)14-17-7-11-19(12-8-17)23(28)29;/h1-12,15H,13-14H2,(H-,26,27,28,29);1H. The Morgan fingerprint density at radius 2 is 1.30 bits per heavy atom. The molecular formula is C23H19ClN2O4. The topological polar surface area (TPSA) is 83.4 Å². The molecule has 0 amide bonds. The summed E-state index contributed by atoms with van der Waals surface area (Å²) in [5.41, 5.74) is 4.69. The van der Waals surface area contributed by atoms with Gasteiger partial charge in [-0.25, -0.2) is 18.7 Å². The molecule has 1 aromatic heterocycles. The number of nitrogens with zero attached hydrogens (tertiary/aromatic N) is 2. The van der Waals surface area contributed by atoms with E-state index in [0.717, 1.165) is 22.2 Å². The van der Waals surface area contributed by atoms with Crippen molar-refractivity contribution in [2.45, 2.75) is 13.1 Å². The maximum atomic E-state index is 11.0. The van der Waals surface area contributed by atoms with Crippen LogP contribution in [-0.4, -0.2) is 26.7 Å². The molecule has 2 N–H and O–H groups in total.